The molecule has 0 fully saturated rings. The highest BCUT2D eigenvalue weighted by Gasteiger charge is 1.93. The average Bonchev–Trinajstić information content (AvgIpc) is 2.13. The van der Waals surface area contributed by atoms with Gasteiger partial charge < -0.3 is 10.1 Å². The first-order valence-electron chi connectivity index (χ1n) is 4.42. The van der Waals surface area contributed by atoms with Crippen LogP contribution in [0.1, 0.15) is 6.92 Å². The Hall–Kier alpha value is -0.250. The van der Waals surface area contributed by atoms with Crippen LogP contribution in [-0.2, 0) is 0 Å². The quantitative estimate of drug-likeness (QED) is 0.838. The fourth-order valence-electron chi connectivity index (χ4n) is 0.975. The van der Waals surface area contributed by atoms with E-state index in [4.69, 9.17) is 4.74 Å². The van der Waals surface area contributed by atoms with Crippen LogP contribution >= 0.6 is 28.3 Å². The molecule has 1 aromatic rings. The Morgan fingerprint density at radius 2 is 2.21 bits per heavy atom. The Morgan fingerprint density at radius 1 is 1.43 bits per heavy atom. The van der Waals surface area contributed by atoms with E-state index in [-0.39, 0.29) is 12.4 Å². The Kier molecular flexibility index (Phi) is 7.95. The number of nitrogens with one attached hydrogen (secondary N) is 1. The molecule has 0 aliphatic rings. The van der Waals surface area contributed by atoms with E-state index in [2.05, 4.69) is 28.2 Å². The fraction of sp³-hybridized carbons (Fsp3) is 0.400. The first-order valence-corrected chi connectivity index (χ1v) is 5.21. The van der Waals surface area contributed by atoms with Crippen LogP contribution in [0.4, 0.5) is 0 Å². The molecule has 1 aromatic carbocycles. The smallest absolute Gasteiger partial charge is 0.120 e. The average molecular weight is 281 g/mol. The van der Waals surface area contributed by atoms with Crippen molar-refractivity contribution in [3.63, 3.8) is 0 Å². The van der Waals surface area contributed by atoms with Crippen LogP contribution in [0.15, 0.2) is 28.7 Å². The summed E-state index contributed by atoms with van der Waals surface area (Å²) in [6, 6.07) is 7.87. The highest BCUT2D eigenvalue weighted by atomic mass is 79.9. The second-order valence-electron chi connectivity index (χ2n) is 2.66. The SMILES string of the molecule is CCNCCOc1cccc(Br)c1.Cl. The molecule has 80 valence electrons. The van der Waals surface area contributed by atoms with Crippen LogP contribution in [0, 0.1) is 0 Å². The zero-order valence-electron chi connectivity index (χ0n) is 8.13. The minimum Gasteiger partial charge on any atom is -0.492 e. The van der Waals surface area contributed by atoms with E-state index in [0.717, 1.165) is 23.3 Å². The summed E-state index contributed by atoms with van der Waals surface area (Å²) >= 11 is 3.39. The summed E-state index contributed by atoms with van der Waals surface area (Å²) in [5, 5.41) is 3.20. The van der Waals surface area contributed by atoms with Crippen LogP contribution in [0.5, 0.6) is 5.75 Å². The largest absolute Gasteiger partial charge is 0.492 e. The van der Waals surface area contributed by atoms with Gasteiger partial charge in [0.05, 0.1) is 0 Å². The van der Waals surface area contributed by atoms with Gasteiger partial charge in [0.1, 0.15) is 12.4 Å². The van der Waals surface area contributed by atoms with E-state index in [1.807, 2.05) is 24.3 Å². The van der Waals surface area contributed by atoms with E-state index in [0.29, 0.717) is 6.61 Å². The molecule has 0 radical (unpaired) electrons. The minimum atomic E-state index is 0. The van der Waals surface area contributed by atoms with E-state index in [9.17, 15) is 0 Å². The van der Waals surface area contributed by atoms with Crippen molar-refractivity contribution in [2.45, 2.75) is 6.92 Å². The molecule has 0 unspecified atom stereocenters. The lowest BCUT2D eigenvalue weighted by molar-refractivity contribution is 0.315. The number of ether oxygens (including phenoxy) is 1. The van der Waals surface area contributed by atoms with Crippen molar-refractivity contribution in [3.05, 3.63) is 28.7 Å². The summed E-state index contributed by atoms with van der Waals surface area (Å²) in [6.45, 7) is 4.67. The molecule has 0 spiro atoms. The molecule has 0 heterocycles. The summed E-state index contributed by atoms with van der Waals surface area (Å²) in [6.07, 6.45) is 0. The molecule has 14 heavy (non-hydrogen) atoms. The molecule has 1 N–H and O–H groups in total. The van der Waals surface area contributed by atoms with Crippen molar-refractivity contribution in [2.75, 3.05) is 19.7 Å². The van der Waals surface area contributed by atoms with Crippen molar-refractivity contribution >= 4 is 28.3 Å². The summed E-state index contributed by atoms with van der Waals surface area (Å²) in [5.74, 6) is 0.910. The van der Waals surface area contributed by atoms with Crippen LogP contribution in [0.25, 0.3) is 0 Å². The Labute approximate surface area is 99.6 Å². The number of benzene rings is 1. The van der Waals surface area contributed by atoms with Gasteiger partial charge in [-0.3, -0.25) is 0 Å². The van der Waals surface area contributed by atoms with Crippen molar-refractivity contribution < 1.29 is 4.74 Å². The van der Waals surface area contributed by atoms with Crippen molar-refractivity contribution in [1.82, 2.24) is 5.32 Å². The van der Waals surface area contributed by atoms with Gasteiger partial charge in [0.15, 0.2) is 0 Å². The van der Waals surface area contributed by atoms with Gasteiger partial charge in [-0.15, -0.1) is 12.4 Å². The summed E-state index contributed by atoms with van der Waals surface area (Å²) in [5.41, 5.74) is 0. The number of likely N-dealkylation sites (N-methyl/N-ethyl adjacent to an activating group) is 1. The molecule has 0 amide bonds. The lowest BCUT2D eigenvalue weighted by Crippen LogP contribution is -2.20. The van der Waals surface area contributed by atoms with Gasteiger partial charge in [0, 0.05) is 11.0 Å². The second-order valence-corrected chi connectivity index (χ2v) is 3.58. The molecular formula is C10H15BrClNO. The Morgan fingerprint density at radius 3 is 2.86 bits per heavy atom. The van der Waals surface area contributed by atoms with Crippen LogP contribution < -0.4 is 10.1 Å². The Bertz CT molecular complexity index is 258. The number of halogens is 2. The van der Waals surface area contributed by atoms with Gasteiger partial charge >= 0.3 is 0 Å². The summed E-state index contributed by atoms with van der Waals surface area (Å²) in [7, 11) is 0. The summed E-state index contributed by atoms with van der Waals surface area (Å²) in [4.78, 5) is 0. The fourth-order valence-corrected chi connectivity index (χ4v) is 1.35. The van der Waals surface area contributed by atoms with E-state index >= 15 is 0 Å². The lowest BCUT2D eigenvalue weighted by atomic mass is 10.3. The maximum atomic E-state index is 5.50. The third-order valence-electron chi connectivity index (χ3n) is 1.59. The molecular weight excluding hydrogens is 265 g/mol. The topological polar surface area (TPSA) is 21.3 Å². The molecule has 0 aliphatic carbocycles. The van der Waals surface area contributed by atoms with Crippen LogP contribution in [0.2, 0.25) is 0 Å². The zero-order chi connectivity index (χ0) is 9.52. The Balaban J connectivity index is 0.00000169. The standard InChI is InChI=1S/C10H14BrNO.ClH/c1-2-12-6-7-13-10-5-3-4-9(11)8-10;/h3-5,8,12H,2,6-7H2,1H3;1H. The van der Waals surface area contributed by atoms with Gasteiger partial charge in [-0.25, -0.2) is 0 Å². The molecule has 0 saturated heterocycles. The van der Waals surface area contributed by atoms with E-state index in [1.165, 1.54) is 0 Å². The molecule has 0 aromatic heterocycles. The lowest BCUT2D eigenvalue weighted by Gasteiger charge is -2.06. The third kappa shape index (κ3) is 5.47. The predicted molar refractivity (Wildman–Crippen MR) is 65.4 cm³/mol. The molecule has 0 bridgehead atoms. The second kappa shape index (κ2) is 8.09. The summed E-state index contributed by atoms with van der Waals surface area (Å²) < 4.78 is 6.55. The van der Waals surface area contributed by atoms with Gasteiger partial charge in [0.25, 0.3) is 0 Å². The molecule has 0 saturated carbocycles. The number of hydrogen-bond donors (Lipinski definition) is 1. The maximum absolute atomic E-state index is 5.50. The van der Waals surface area contributed by atoms with Crippen molar-refractivity contribution in [2.24, 2.45) is 0 Å². The van der Waals surface area contributed by atoms with Gasteiger partial charge in [-0.1, -0.05) is 28.9 Å². The van der Waals surface area contributed by atoms with Crippen LogP contribution in [0.3, 0.4) is 0 Å². The molecule has 1 rings (SSSR count). The van der Waals surface area contributed by atoms with Crippen molar-refractivity contribution in [1.29, 1.82) is 0 Å². The highest BCUT2D eigenvalue weighted by molar-refractivity contribution is 9.10. The van der Waals surface area contributed by atoms with Gasteiger partial charge in [0.2, 0.25) is 0 Å². The van der Waals surface area contributed by atoms with Gasteiger partial charge in [-0.05, 0) is 24.7 Å². The predicted octanol–water partition coefficient (Wildman–Crippen LogP) is 2.86. The van der Waals surface area contributed by atoms with Crippen LogP contribution in [-0.4, -0.2) is 19.7 Å². The first-order chi connectivity index (χ1) is 6.33. The zero-order valence-corrected chi connectivity index (χ0v) is 10.5. The van der Waals surface area contributed by atoms with E-state index in [1.54, 1.807) is 0 Å². The number of hydrogen-bond acceptors (Lipinski definition) is 2. The molecule has 0 atom stereocenters. The van der Waals surface area contributed by atoms with Gasteiger partial charge in [-0.2, -0.15) is 0 Å². The molecule has 2 nitrogen and oxygen atoms in total. The monoisotopic (exact) mass is 279 g/mol. The minimum absolute atomic E-state index is 0. The first kappa shape index (κ1) is 13.8. The molecule has 0 aliphatic heterocycles. The van der Waals surface area contributed by atoms with E-state index < -0.39 is 0 Å². The van der Waals surface area contributed by atoms with Crippen molar-refractivity contribution in [3.8, 4) is 5.75 Å². The highest BCUT2D eigenvalue weighted by Crippen LogP contribution is 2.17. The molecule has 4 heteroatoms. The number of rotatable bonds is 5. The normalized spacial score (nSPS) is 9.29. The maximum Gasteiger partial charge on any atom is 0.120 e. The third-order valence-corrected chi connectivity index (χ3v) is 2.09.